The lowest BCUT2D eigenvalue weighted by molar-refractivity contribution is 0.0594. The van der Waals surface area contributed by atoms with Crippen LogP contribution in [0, 0.1) is 0 Å². The van der Waals surface area contributed by atoms with Crippen LogP contribution < -0.4 is 4.72 Å². The summed E-state index contributed by atoms with van der Waals surface area (Å²) in [5.74, 6) is -0.464. The summed E-state index contributed by atoms with van der Waals surface area (Å²) < 4.78 is 30.3. The second-order valence-electron chi connectivity index (χ2n) is 4.11. The van der Waals surface area contributed by atoms with Crippen molar-refractivity contribution >= 4 is 16.0 Å². The number of carbonyl (C=O) groups excluding carboxylic acids is 1. The van der Waals surface area contributed by atoms with Crippen molar-refractivity contribution in [3.63, 3.8) is 0 Å². The van der Waals surface area contributed by atoms with E-state index in [1.165, 1.54) is 19.4 Å². The fourth-order valence-corrected chi connectivity index (χ4v) is 2.52. The molecule has 6 nitrogen and oxygen atoms in total. The second-order valence-corrected chi connectivity index (χ2v) is 6.04. The fourth-order valence-electron chi connectivity index (χ4n) is 1.44. The minimum atomic E-state index is -3.30. The smallest absolute Gasteiger partial charge is 0.356 e. The average molecular weight is 298 g/mol. The molecule has 1 aromatic rings. The Kier molecular flexibility index (Phi) is 6.33. The number of nitrogens with one attached hydrogen (secondary N) is 1. The summed E-state index contributed by atoms with van der Waals surface area (Å²) in [5, 5.41) is 0. The maximum Gasteiger partial charge on any atom is 0.356 e. The first-order chi connectivity index (χ1) is 9.48. The number of ether oxygens (including phenoxy) is 1. The number of hydrogen-bond donors (Lipinski definition) is 1. The van der Waals surface area contributed by atoms with Gasteiger partial charge in [0.05, 0.1) is 12.9 Å². The highest BCUT2D eigenvalue weighted by molar-refractivity contribution is 7.89. The van der Waals surface area contributed by atoms with Crippen molar-refractivity contribution in [2.75, 3.05) is 12.9 Å². The van der Waals surface area contributed by atoms with E-state index >= 15 is 0 Å². The van der Waals surface area contributed by atoms with Gasteiger partial charge in [-0.1, -0.05) is 12.1 Å². The van der Waals surface area contributed by atoms with Crippen molar-refractivity contribution in [1.29, 1.82) is 0 Å². The number of hydrogen-bond acceptors (Lipinski definition) is 5. The van der Waals surface area contributed by atoms with Crippen molar-refractivity contribution in [3.05, 3.63) is 42.2 Å². The maximum atomic E-state index is 11.7. The molecule has 0 unspecified atom stereocenters. The highest BCUT2D eigenvalue weighted by atomic mass is 32.2. The molecule has 0 saturated heterocycles. The van der Waals surface area contributed by atoms with Gasteiger partial charge in [-0.25, -0.2) is 22.9 Å². The number of unbranched alkanes of at least 4 members (excludes halogenated alkanes) is 1. The summed E-state index contributed by atoms with van der Waals surface area (Å²) in [5.41, 5.74) is 0.857. The van der Waals surface area contributed by atoms with Gasteiger partial charge in [-0.05, 0) is 24.5 Å². The van der Waals surface area contributed by atoms with Crippen molar-refractivity contribution < 1.29 is 17.9 Å². The molecule has 110 valence electrons. The topological polar surface area (TPSA) is 85.4 Å². The molecule has 1 aromatic heterocycles. The first-order valence-corrected chi connectivity index (χ1v) is 7.75. The third-order valence-electron chi connectivity index (χ3n) is 2.54. The molecule has 0 atom stereocenters. The first kappa shape index (κ1) is 16.3. The second kappa shape index (κ2) is 7.76. The quantitative estimate of drug-likeness (QED) is 0.443. The number of nitrogens with zero attached hydrogens (tertiary/aromatic N) is 1. The van der Waals surface area contributed by atoms with Crippen molar-refractivity contribution in [3.8, 4) is 0 Å². The van der Waals surface area contributed by atoms with E-state index in [9.17, 15) is 13.2 Å². The predicted octanol–water partition coefficient (Wildman–Crippen LogP) is 1.25. The van der Waals surface area contributed by atoms with E-state index in [-0.39, 0.29) is 18.0 Å². The predicted molar refractivity (Wildman–Crippen MR) is 75.6 cm³/mol. The average Bonchev–Trinajstić information content (AvgIpc) is 2.45. The van der Waals surface area contributed by atoms with Crippen molar-refractivity contribution in [2.24, 2.45) is 0 Å². The van der Waals surface area contributed by atoms with E-state index in [0.29, 0.717) is 18.4 Å². The molecule has 0 radical (unpaired) electrons. The van der Waals surface area contributed by atoms with Crippen molar-refractivity contribution in [1.82, 2.24) is 9.71 Å². The van der Waals surface area contributed by atoms with Gasteiger partial charge in [-0.15, -0.1) is 6.58 Å². The van der Waals surface area contributed by atoms with Gasteiger partial charge >= 0.3 is 5.97 Å². The molecular weight excluding hydrogens is 280 g/mol. The van der Waals surface area contributed by atoms with Crippen LogP contribution in [0.3, 0.4) is 0 Å². The van der Waals surface area contributed by atoms with Crippen LogP contribution >= 0.6 is 0 Å². The van der Waals surface area contributed by atoms with Gasteiger partial charge < -0.3 is 4.74 Å². The van der Waals surface area contributed by atoms with E-state index in [1.54, 1.807) is 12.1 Å². The van der Waals surface area contributed by atoms with Gasteiger partial charge in [0, 0.05) is 12.7 Å². The number of rotatable bonds is 8. The molecule has 0 fully saturated rings. The van der Waals surface area contributed by atoms with Crippen LogP contribution in [0.2, 0.25) is 0 Å². The lowest BCUT2D eigenvalue weighted by atomic mass is 10.2. The minimum absolute atomic E-state index is 0.0622. The zero-order valence-electron chi connectivity index (χ0n) is 11.3. The number of carbonyl (C=O) groups is 1. The molecule has 0 aliphatic rings. The Morgan fingerprint density at radius 1 is 1.50 bits per heavy atom. The molecule has 0 aromatic carbocycles. The van der Waals surface area contributed by atoms with Crippen LogP contribution in [0.4, 0.5) is 0 Å². The summed E-state index contributed by atoms with van der Waals surface area (Å²) in [7, 11) is -2.03. The minimum Gasteiger partial charge on any atom is -0.464 e. The molecule has 0 saturated carbocycles. The number of aromatic nitrogens is 1. The molecular formula is C13H18N2O4S. The Hall–Kier alpha value is -1.73. The summed E-state index contributed by atoms with van der Waals surface area (Å²) in [4.78, 5) is 15.1. The standard InChI is InChI=1S/C13H18N2O4S/c1-3-4-5-8-20(17,18)15-10-11-6-7-12(14-9-11)13(16)19-2/h3,6-7,9,15H,1,4-5,8,10H2,2H3. The van der Waals surface area contributed by atoms with E-state index in [4.69, 9.17) is 0 Å². The molecule has 0 spiro atoms. The van der Waals surface area contributed by atoms with E-state index < -0.39 is 16.0 Å². The van der Waals surface area contributed by atoms with Gasteiger partial charge in [-0.2, -0.15) is 0 Å². The maximum absolute atomic E-state index is 11.7. The van der Waals surface area contributed by atoms with Crippen LogP contribution in [0.5, 0.6) is 0 Å². The molecule has 1 rings (SSSR count). The van der Waals surface area contributed by atoms with E-state index in [2.05, 4.69) is 21.0 Å². The monoisotopic (exact) mass is 298 g/mol. The Balaban J connectivity index is 2.53. The van der Waals surface area contributed by atoms with Crippen LogP contribution in [0.25, 0.3) is 0 Å². The third kappa shape index (κ3) is 5.50. The molecule has 20 heavy (non-hydrogen) atoms. The van der Waals surface area contributed by atoms with Crippen LogP contribution in [-0.4, -0.2) is 32.2 Å². The number of allylic oxidation sites excluding steroid dienone is 1. The van der Waals surface area contributed by atoms with Gasteiger partial charge in [-0.3, -0.25) is 0 Å². The van der Waals surface area contributed by atoms with Gasteiger partial charge in [0.25, 0.3) is 0 Å². The van der Waals surface area contributed by atoms with Crippen LogP contribution in [0.1, 0.15) is 28.9 Å². The SMILES string of the molecule is C=CCCCS(=O)(=O)NCc1ccc(C(=O)OC)nc1. The van der Waals surface area contributed by atoms with Crippen molar-refractivity contribution in [2.45, 2.75) is 19.4 Å². The Bertz CT molecular complexity index is 552. The van der Waals surface area contributed by atoms with Crippen LogP contribution in [-0.2, 0) is 21.3 Å². The Morgan fingerprint density at radius 3 is 2.80 bits per heavy atom. The molecule has 7 heteroatoms. The largest absolute Gasteiger partial charge is 0.464 e. The fraction of sp³-hybridized carbons (Fsp3) is 0.385. The summed E-state index contributed by atoms with van der Waals surface area (Å²) in [6.45, 7) is 3.69. The summed E-state index contributed by atoms with van der Waals surface area (Å²) >= 11 is 0. The first-order valence-electron chi connectivity index (χ1n) is 6.10. The number of sulfonamides is 1. The molecule has 0 bridgehead atoms. The van der Waals surface area contributed by atoms with Crippen LogP contribution in [0.15, 0.2) is 31.0 Å². The molecule has 0 aliphatic heterocycles. The zero-order chi connectivity index (χ0) is 15.0. The van der Waals surface area contributed by atoms with E-state index in [0.717, 1.165) is 0 Å². The zero-order valence-corrected chi connectivity index (χ0v) is 12.1. The molecule has 0 amide bonds. The Labute approximate surface area is 118 Å². The third-order valence-corrected chi connectivity index (χ3v) is 3.95. The highest BCUT2D eigenvalue weighted by Gasteiger charge is 2.10. The number of methoxy groups -OCH3 is 1. The van der Waals surface area contributed by atoms with Gasteiger partial charge in [0.1, 0.15) is 5.69 Å². The number of pyridine rings is 1. The summed E-state index contributed by atoms with van der Waals surface area (Å²) in [6.07, 6.45) is 4.33. The lowest BCUT2D eigenvalue weighted by Gasteiger charge is -2.06. The molecule has 0 aliphatic carbocycles. The lowest BCUT2D eigenvalue weighted by Crippen LogP contribution is -2.26. The van der Waals surface area contributed by atoms with Gasteiger partial charge in [0.2, 0.25) is 10.0 Å². The Morgan fingerprint density at radius 2 is 2.25 bits per heavy atom. The normalized spacial score (nSPS) is 11.1. The van der Waals surface area contributed by atoms with Gasteiger partial charge in [0.15, 0.2) is 0 Å². The molecule has 1 heterocycles. The van der Waals surface area contributed by atoms with E-state index in [1.807, 2.05) is 0 Å². The highest BCUT2D eigenvalue weighted by Crippen LogP contribution is 2.03. The number of esters is 1. The summed E-state index contributed by atoms with van der Waals surface area (Å²) in [6, 6.07) is 3.12. The molecule has 1 N–H and O–H groups in total.